The number of carbonyl (C=O) groups is 1. The van der Waals surface area contributed by atoms with Crippen molar-refractivity contribution in [1.29, 1.82) is 0 Å². The lowest BCUT2D eigenvalue weighted by molar-refractivity contribution is 0.0855. The molecule has 0 aromatic heterocycles. The first-order valence-corrected chi connectivity index (χ1v) is 14.2. The molecule has 0 spiro atoms. The Labute approximate surface area is 200 Å². The minimum absolute atomic E-state index is 0.0208. The fourth-order valence-corrected chi connectivity index (χ4v) is 4.52. The molecule has 1 aromatic carbocycles. The highest BCUT2D eigenvalue weighted by Crippen LogP contribution is 2.38. The van der Waals surface area contributed by atoms with Gasteiger partial charge in [-0.15, -0.1) is 0 Å². The van der Waals surface area contributed by atoms with E-state index in [0.29, 0.717) is 12.4 Å². The van der Waals surface area contributed by atoms with Crippen molar-refractivity contribution in [1.82, 2.24) is 4.90 Å². The minimum Gasteiger partial charge on any atom is -0.505 e. The standard InChI is InChI=1S/C24H29Cl2NO4Si/c1-24(2,3)32(4,5)31-15-16-8-6-7-9-18(16)21-14-27(10-11-30-21)23(29)17-12-19(25)22(28)20(26)13-17/h6,8,10-14,28H,7,9,15H2,1-5H3. The highest BCUT2D eigenvalue weighted by atomic mass is 35.5. The third-order valence-corrected chi connectivity index (χ3v) is 11.2. The summed E-state index contributed by atoms with van der Waals surface area (Å²) in [6.07, 6.45) is 10.6. The van der Waals surface area contributed by atoms with Gasteiger partial charge in [-0.2, -0.15) is 0 Å². The predicted molar refractivity (Wildman–Crippen MR) is 131 cm³/mol. The Morgan fingerprint density at radius 1 is 1.25 bits per heavy atom. The van der Waals surface area contributed by atoms with Crippen molar-refractivity contribution in [3.05, 3.63) is 75.5 Å². The predicted octanol–water partition coefficient (Wildman–Crippen LogP) is 7.15. The lowest BCUT2D eigenvalue weighted by atomic mass is 9.96. The van der Waals surface area contributed by atoms with E-state index in [-0.39, 0.29) is 32.3 Å². The van der Waals surface area contributed by atoms with Crippen LogP contribution < -0.4 is 0 Å². The van der Waals surface area contributed by atoms with Gasteiger partial charge >= 0.3 is 0 Å². The first-order valence-electron chi connectivity index (χ1n) is 10.5. The van der Waals surface area contributed by atoms with E-state index in [4.69, 9.17) is 32.4 Å². The van der Waals surface area contributed by atoms with Crippen molar-refractivity contribution < 1.29 is 19.1 Å². The van der Waals surface area contributed by atoms with Gasteiger partial charge in [0.15, 0.2) is 14.1 Å². The number of aromatic hydroxyl groups is 1. The minimum atomic E-state index is -1.91. The molecular weight excluding hydrogens is 465 g/mol. The summed E-state index contributed by atoms with van der Waals surface area (Å²) < 4.78 is 12.2. The van der Waals surface area contributed by atoms with Crippen molar-refractivity contribution in [3.63, 3.8) is 0 Å². The van der Waals surface area contributed by atoms with Crippen molar-refractivity contribution >= 4 is 37.4 Å². The molecule has 1 aliphatic carbocycles. The van der Waals surface area contributed by atoms with Crippen LogP contribution >= 0.6 is 23.2 Å². The van der Waals surface area contributed by atoms with Gasteiger partial charge < -0.3 is 14.3 Å². The Bertz CT molecular complexity index is 1010. The van der Waals surface area contributed by atoms with E-state index in [1.54, 1.807) is 6.20 Å². The van der Waals surface area contributed by atoms with Crippen molar-refractivity contribution in [2.45, 2.75) is 51.7 Å². The van der Waals surface area contributed by atoms with E-state index >= 15 is 0 Å². The van der Waals surface area contributed by atoms with Crippen LogP contribution in [0.4, 0.5) is 0 Å². The quantitative estimate of drug-likeness (QED) is 0.442. The van der Waals surface area contributed by atoms with Crippen LogP contribution in [0.15, 0.2) is 59.9 Å². The van der Waals surface area contributed by atoms with Crippen LogP contribution in [-0.4, -0.2) is 30.8 Å². The van der Waals surface area contributed by atoms with Crippen molar-refractivity contribution in [2.75, 3.05) is 6.61 Å². The molecule has 0 bridgehead atoms. The highest BCUT2D eigenvalue weighted by molar-refractivity contribution is 6.74. The smallest absolute Gasteiger partial charge is 0.262 e. The molecule has 1 amide bonds. The van der Waals surface area contributed by atoms with Gasteiger partial charge in [0, 0.05) is 17.3 Å². The number of allylic oxidation sites excluding steroid dienone is 2. The number of rotatable bonds is 5. The van der Waals surface area contributed by atoms with E-state index in [1.807, 2.05) is 0 Å². The number of carbonyl (C=O) groups excluding carboxylic acids is 1. The summed E-state index contributed by atoms with van der Waals surface area (Å²) in [5, 5.41) is 9.92. The topological polar surface area (TPSA) is 59.0 Å². The maximum atomic E-state index is 13.0. The summed E-state index contributed by atoms with van der Waals surface area (Å²) in [5.74, 6) is 0.0241. The number of halogens is 2. The van der Waals surface area contributed by atoms with Crippen LogP contribution in [0.3, 0.4) is 0 Å². The first-order chi connectivity index (χ1) is 14.9. The largest absolute Gasteiger partial charge is 0.505 e. The van der Waals surface area contributed by atoms with E-state index < -0.39 is 8.32 Å². The van der Waals surface area contributed by atoms with E-state index in [9.17, 15) is 9.90 Å². The van der Waals surface area contributed by atoms with Gasteiger partial charge in [-0.1, -0.05) is 56.1 Å². The highest BCUT2D eigenvalue weighted by Gasteiger charge is 2.37. The Balaban J connectivity index is 1.87. The maximum Gasteiger partial charge on any atom is 0.262 e. The molecule has 172 valence electrons. The molecule has 2 aliphatic rings. The molecule has 1 aromatic rings. The van der Waals surface area contributed by atoms with Gasteiger partial charge in [-0.05, 0) is 48.7 Å². The zero-order valence-corrected chi connectivity index (χ0v) is 21.5. The molecule has 0 unspecified atom stereocenters. The molecule has 0 fully saturated rings. The zero-order chi connectivity index (χ0) is 23.7. The Hall–Kier alpha value is -1.99. The van der Waals surface area contributed by atoms with Crippen molar-refractivity contribution in [3.8, 4) is 5.75 Å². The number of hydrogen-bond donors (Lipinski definition) is 1. The van der Waals surface area contributed by atoms with Gasteiger partial charge in [0.25, 0.3) is 5.91 Å². The summed E-state index contributed by atoms with van der Waals surface area (Å²) >= 11 is 12.0. The first kappa shape index (κ1) is 24.6. The Kier molecular flexibility index (Phi) is 7.30. The Morgan fingerprint density at radius 2 is 1.91 bits per heavy atom. The number of phenolic OH excluding ortho intramolecular Hbond substituents is 1. The molecule has 1 N–H and O–H groups in total. The zero-order valence-electron chi connectivity index (χ0n) is 19.0. The normalized spacial score (nSPS) is 16.8. The summed E-state index contributed by atoms with van der Waals surface area (Å²) in [6.45, 7) is 11.6. The number of hydrogen-bond acceptors (Lipinski definition) is 4. The van der Waals surface area contributed by atoms with Gasteiger partial charge in [0.1, 0.15) is 12.0 Å². The lowest BCUT2D eigenvalue weighted by Gasteiger charge is -2.36. The summed E-state index contributed by atoms with van der Waals surface area (Å²) in [4.78, 5) is 14.4. The lowest BCUT2D eigenvalue weighted by Crippen LogP contribution is -2.41. The molecule has 5 nitrogen and oxygen atoms in total. The monoisotopic (exact) mass is 493 g/mol. The average Bonchev–Trinajstić information content (AvgIpc) is 2.74. The fourth-order valence-electron chi connectivity index (χ4n) is 3.09. The van der Waals surface area contributed by atoms with Crippen LogP contribution in [0.5, 0.6) is 5.75 Å². The van der Waals surface area contributed by atoms with E-state index in [2.05, 4.69) is 46.0 Å². The van der Waals surface area contributed by atoms with Gasteiger partial charge in [-0.25, -0.2) is 0 Å². The molecule has 0 radical (unpaired) electrons. The summed E-state index contributed by atoms with van der Waals surface area (Å²) in [6, 6.07) is 2.78. The molecular formula is C24H29Cl2NO4Si. The number of amides is 1. The number of benzene rings is 1. The SMILES string of the molecule is CC(C)(C)[Si](C)(C)OCC1=C(C2=CN(C(=O)c3cc(Cl)c(O)c(Cl)c3)C=CO2)CCC=C1. The average molecular weight is 494 g/mol. The van der Waals surface area contributed by atoms with E-state index in [1.165, 1.54) is 29.5 Å². The summed E-state index contributed by atoms with van der Waals surface area (Å²) in [5.41, 5.74) is 2.35. The number of phenols is 1. The van der Waals surface area contributed by atoms with Crippen LogP contribution in [0.1, 0.15) is 44.0 Å². The molecule has 1 heterocycles. The number of ether oxygens (including phenoxy) is 1. The molecule has 0 atom stereocenters. The molecule has 8 heteroatoms. The van der Waals surface area contributed by atoms with Gasteiger partial charge in [0.05, 0.1) is 22.9 Å². The van der Waals surface area contributed by atoms with Crippen LogP contribution in [-0.2, 0) is 9.16 Å². The molecule has 0 saturated carbocycles. The third kappa shape index (κ3) is 5.31. The van der Waals surface area contributed by atoms with Gasteiger partial charge in [0.2, 0.25) is 0 Å². The second-order valence-corrected chi connectivity index (χ2v) is 15.0. The van der Waals surface area contributed by atoms with E-state index in [0.717, 1.165) is 24.0 Å². The third-order valence-electron chi connectivity index (χ3n) is 6.13. The maximum absolute atomic E-state index is 13.0. The fraction of sp³-hybridized carbons (Fsp3) is 0.375. The second-order valence-electron chi connectivity index (χ2n) is 9.39. The molecule has 32 heavy (non-hydrogen) atoms. The Morgan fingerprint density at radius 3 is 2.53 bits per heavy atom. The molecule has 0 saturated heterocycles. The van der Waals surface area contributed by atoms with Crippen LogP contribution in [0, 0.1) is 0 Å². The molecule has 3 rings (SSSR count). The van der Waals surface area contributed by atoms with Gasteiger partial charge in [-0.3, -0.25) is 9.69 Å². The van der Waals surface area contributed by atoms with Crippen LogP contribution in [0.2, 0.25) is 28.2 Å². The second kappa shape index (κ2) is 9.47. The number of nitrogens with zero attached hydrogens (tertiary/aromatic N) is 1. The van der Waals surface area contributed by atoms with Crippen LogP contribution in [0.25, 0.3) is 0 Å². The van der Waals surface area contributed by atoms with Crippen molar-refractivity contribution in [2.24, 2.45) is 0 Å². The molecule has 1 aliphatic heterocycles. The summed E-state index contributed by atoms with van der Waals surface area (Å²) in [7, 11) is -1.91.